The van der Waals surface area contributed by atoms with Gasteiger partial charge in [-0.2, -0.15) is 0 Å². The minimum absolute atomic E-state index is 0.139. The molecule has 0 N–H and O–H groups in total. The highest BCUT2D eigenvalue weighted by Crippen LogP contribution is 2.03. The second kappa shape index (κ2) is 9.44. The minimum Gasteiger partial charge on any atom is -0.435 e. The van der Waals surface area contributed by atoms with E-state index in [1.165, 1.54) is 32.4 Å². The molecule has 0 heterocycles. The molecule has 0 aliphatic rings. The lowest BCUT2D eigenvalue weighted by Crippen LogP contribution is -2.04. The SMILES string of the molecule is CCCCCCC=COC(=O)CC(C)=O. The lowest BCUT2D eigenvalue weighted by molar-refractivity contribution is -0.140. The van der Waals surface area contributed by atoms with Crippen molar-refractivity contribution in [2.24, 2.45) is 0 Å². The number of ketones is 1. The van der Waals surface area contributed by atoms with Crippen LogP contribution in [-0.4, -0.2) is 11.8 Å². The second-order valence-electron chi connectivity index (χ2n) is 3.59. The van der Waals surface area contributed by atoms with Gasteiger partial charge in [0.2, 0.25) is 0 Å². The Balaban J connectivity index is 3.37. The van der Waals surface area contributed by atoms with E-state index in [4.69, 9.17) is 4.74 Å². The van der Waals surface area contributed by atoms with E-state index < -0.39 is 5.97 Å². The average Bonchev–Trinajstić information content (AvgIpc) is 2.15. The Hall–Kier alpha value is -1.12. The van der Waals surface area contributed by atoms with Gasteiger partial charge in [0.15, 0.2) is 0 Å². The average molecular weight is 212 g/mol. The third-order valence-electron chi connectivity index (χ3n) is 1.91. The Morgan fingerprint density at radius 3 is 2.53 bits per heavy atom. The van der Waals surface area contributed by atoms with Crippen LogP contribution in [0.2, 0.25) is 0 Å². The minimum atomic E-state index is -0.479. The lowest BCUT2D eigenvalue weighted by Gasteiger charge is -1.96. The quantitative estimate of drug-likeness (QED) is 0.269. The number of Topliss-reactive ketones (excluding diaryl/α,β-unsaturated/α-hetero) is 1. The molecule has 0 bridgehead atoms. The highest BCUT2D eigenvalue weighted by molar-refractivity contribution is 5.94. The van der Waals surface area contributed by atoms with Crippen LogP contribution >= 0.6 is 0 Å². The Labute approximate surface area is 91.5 Å². The van der Waals surface area contributed by atoms with Crippen LogP contribution in [0, 0.1) is 0 Å². The van der Waals surface area contributed by atoms with Gasteiger partial charge >= 0.3 is 5.97 Å². The molecule has 0 aliphatic carbocycles. The number of hydrogen-bond acceptors (Lipinski definition) is 3. The van der Waals surface area contributed by atoms with Crippen LogP contribution in [0.4, 0.5) is 0 Å². The molecule has 0 rings (SSSR count). The largest absolute Gasteiger partial charge is 0.435 e. The zero-order valence-corrected chi connectivity index (χ0v) is 9.62. The Bertz CT molecular complexity index is 219. The molecule has 0 aliphatic heterocycles. The van der Waals surface area contributed by atoms with Crippen LogP contribution in [0.1, 0.15) is 52.4 Å². The fraction of sp³-hybridized carbons (Fsp3) is 0.667. The van der Waals surface area contributed by atoms with Gasteiger partial charge in [0.05, 0.1) is 6.26 Å². The van der Waals surface area contributed by atoms with Gasteiger partial charge in [-0.1, -0.05) is 26.2 Å². The lowest BCUT2D eigenvalue weighted by atomic mass is 10.1. The molecule has 3 nitrogen and oxygen atoms in total. The van der Waals surface area contributed by atoms with E-state index in [0.717, 1.165) is 12.8 Å². The molecule has 0 saturated heterocycles. The molecular weight excluding hydrogens is 192 g/mol. The van der Waals surface area contributed by atoms with Gasteiger partial charge in [-0.05, 0) is 25.8 Å². The number of carbonyl (C=O) groups is 2. The molecular formula is C12H20O3. The number of carbonyl (C=O) groups excluding carboxylic acids is 2. The molecule has 0 unspecified atom stereocenters. The van der Waals surface area contributed by atoms with Crippen LogP contribution < -0.4 is 0 Å². The molecule has 0 aromatic carbocycles. The molecule has 0 saturated carbocycles. The second-order valence-corrected chi connectivity index (χ2v) is 3.59. The normalized spacial score (nSPS) is 10.5. The van der Waals surface area contributed by atoms with Crippen molar-refractivity contribution in [3.63, 3.8) is 0 Å². The van der Waals surface area contributed by atoms with E-state index >= 15 is 0 Å². The van der Waals surface area contributed by atoms with E-state index in [-0.39, 0.29) is 12.2 Å². The summed E-state index contributed by atoms with van der Waals surface area (Å²) in [5, 5.41) is 0. The number of rotatable bonds is 8. The summed E-state index contributed by atoms with van der Waals surface area (Å²) in [5.74, 6) is -0.649. The van der Waals surface area contributed by atoms with Crippen LogP contribution in [0.15, 0.2) is 12.3 Å². The van der Waals surface area contributed by atoms with Crippen molar-refractivity contribution in [3.8, 4) is 0 Å². The summed E-state index contributed by atoms with van der Waals surface area (Å²) in [4.78, 5) is 21.4. The maximum Gasteiger partial charge on any atom is 0.318 e. The summed E-state index contributed by atoms with van der Waals surface area (Å²) in [6.07, 6.45) is 8.80. The molecule has 0 aromatic rings. The maximum absolute atomic E-state index is 10.9. The number of esters is 1. The first kappa shape index (κ1) is 13.9. The molecule has 0 fully saturated rings. The molecule has 0 atom stereocenters. The van der Waals surface area contributed by atoms with E-state index in [0.29, 0.717) is 0 Å². The van der Waals surface area contributed by atoms with Gasteiger partial charge in [-0.15, -0.1) is 0 Å². The predicted molar refractivity (Wildman–Crippen MR) is 59.3 cm³/mol. The smallest absolute Gasteiger partial charge is 0.318 e. The van der Waals surface area contributed by atoms with Crippen molar-refractivity contribution in [2.75, 3.05) is 0 Å². The van der Waals surface area contributed by atoms with Crippen LogP contribution in [-0.2, 0) is 14.3 Å². The summed E-state index contributed by atoms with van der Waals surface area (Å²) in [7, 11) is 0. The summed E-state index contributed by atoms with van der Waals surface area (Å²) in [6, 6.07) is 0. The molecule has 0 spiro atoms. The van der Waals surface area contributed by atoms with Gasteiger partial charge in [0.25, 0.3) is 0 Å². The fourth-order valence-electron chi connectivity index (χ4n) is 1.13. The summed E-state index contributed by atoms with van der Waals surface area (Å²) in [6.45, 7) is 3.54. The van der Waals surface area contributed by atoms with Crippen molar-refractivity contribution in [1.29, 1.82) is 0 Å². The van der Waals surface area contributed by atoms with Crippen molar-refractivity contribution < 1.29 is 14.3 Å². The first-order chi connectivity index (χ1) is 7.16. The standard InChI is InChI=1S/C12H20O3/c1-3-4-5-6-7-8-9-15-12(14)10-11(2)13/h8-9H,3-7,10H2,1-2H3. The number of ether oxygens (including phenoxy) is 1. The van der Waals surface area contributed by atoms with Crippen LogP contribution in [0.5, 0.6) is 0 Å². The number of unbranched alkanes of at least 4 members (excludes halogenated alkanes) is 4. The van der Waals surface area contributed by atoms with Gasteiger partial charge < -0.3 is 4.74 Å². The molecule has 3 heteroatoms. The topological polar surface area (TPSA) is 43.4 Å². The molecule has 0 aromatic heterocycles. The highest BCUT2D eigenvalue weighted by atomic mass is 16.5. The third kappa shape index (κ3) is 10.8. The van der Waals surface area contributed by atoms with Crippen LogP contribution in [0.3, 0.4) is 0 Å². The van der Waals surface area contributed by atoms with E-state index in [1.54, 1.807) is 0 Å². The van der Waals surface area contributed by atoms with Gasteiger partial charge in [-0.3, -0.25) is 9.59 Å². The zero-order chi connectivity index (χ0) is 11.5. The fourth-order valence-corrected chi connectivity index (χ4v) is 1.13. The maximum atomic E-state index is 10.9. The number of allylic oxidation sites excluding steroid dienone is 1. The van der Waals surface area contributed by atoms with Gasteiger partial charge in [0.1, 0.15) is 12.2 Å². The molecule has 86 valence electrons. The number of hydrogen-bond donors (Lipinski definition) is 0. The molecule has 0 amide bonds. The third-order valence-corrected chi connectivity index (χ3v) is 1.91. The summed E-state index contributed by atoms with van der Waals surface area (Å²) >= 11 is 0. The molecule has 0 radical (unpaired) electrons. The summed E-state index contributed by atoms with van der Waals surface area (Å²) < 4.78 is 4.72. The van der Waals surface area contributed by atoms with E-state index in [2.05, 4.69) is 6.92 Å². The van der Waals surface area contributed by atoms with Crippen molar-refractivity contribution in [2.45, 2.75) is 52.4 Å². The Morgan fingerprint density at radius 2 is 1.93 bits per heavy atom. The van der Waals surface area contributed by atoms with Crippen molar-refractivity contribution in [3.05, 3.63) is 12.3 Å². The first-order valence-electron chi connectivity index (χ1n) is 5.50. The Kier molecular flexibility index (Phi) is 8.73. The first-order valence-corrected chi connectivity index (χ1v) is 5.50. The monoisotopic (exact) mass is 212 g/mol. The molecule has 15 heavy (non-hydrogen) atoms. The zero-order valence-electron chi connectivity index (χ0n) is 9.62. The van der Waals surface area contributed by atoms with Gasteiger partial charge in [0, 0.05) is 0 Å². The summed E-state index contributed by atoms with van der Waals surface area (Å²) in [5.41, 5.74) is 0. The van der Waals surface area contributed by atoms with E-state index in [9.17, 15) is 9.59 Å². The van der Waals surface area contributed by atoms with Crippen LogP contribution in [0.25, 0.3) is 0 Å². The highest BCUT2D eigenvalue weighted by Gasteiger charge is 2.03. The van der Waals surface area contributed by atoms with Crippen molar-refractivity contribution in [1.82, 2.24) is 0 Å². The van der Waals surface area contributed by atoms with E-state index in [1.807, 2.05) is 6.08 Å². The van der Waals surface area contributed by atoms with Gasteiger partial charge in [-0.25, -0.2) is 0 Å². The van der Waals surface area contributed by atoms with Crippen molar-refractivity contribution >= 4 is 11.8 Å². The Morgan fingerprint density at radius 1 is 1.20 bits per heavy atom. The predicted octanol–water partition coefficient (Wildman–Crippen LogP) is 2.99.